The zero-order chi connectivity index (χ0) is 19.9. The minimum absolute atomic E-state index is 0. The van der Waals surface area contributed by atoms with E-state index in [1.807, 2.05) is 109 Å². The molecule has 5 heteroatoms. The Balaban J connectivity index is 0.00000256. The van der Waals surface area contributed by atoms with Crippen molar-refractivity contribution >= 4 is 7.32 Å². The summed E-state index contributed by atoms with van der Waals surface area (Å²) < 4.78 is 12.0. The van der Waals surface area contributed by atoms with Crippen molar-refractivity contribution in [3.63, 3.8) is 0 Å². The lowest BCUT2D eigenvalue weighted by Crippen LogP contribution is -2.41. The predicted octanol–water partition coefficient (Wildman–Crippen LogP) is 5.21. The highest BCUT2D eigenvalue weighted by atomic mass is 16.7. The third-order valence-electron chi connectivity index (χ3n) is 4.80. The Morgan fingerprint density at radius 2 is 0.867 bits per heavy atom. The number of para-hydroxylation sites is 1. The van der Waals surface area contributed by atoms with E-state index in [4.69, 9.17) is 9.31 Å². The summed E-state index contributed by atoms with van der Waals surface area (Å²) >= 11 is 0. The monoisotopic (exact) mass is 397 g/mol. The van der Waals surface area contributed by atoms with Crippen LogP contribution in [0, 0.1) is 0 Å². The molecule has 0 unspecified atom stereocenters. The second-order valence-electron chi connectivity index (χ2n) is 6.64. The summed E-state index contributed by atoms with van der Waals surface area (Å²) in [6.45, 7) is 0. The highest BCUT2D eigenvalue weighted by Crippen LogP contribution is 2.40. The second kappa shape index (κ2) is 9.90. The topological polar surface area (TPSA) is 73.7 Å². The number of rotatable bonds is 7. The van der Waals surface area contributed by atoms with E-state index in [1.54, 1.807) is 12.1 Å². The molecule has 4 aromatic rings. The molecular weight excluding hydrogens is 373 g/mol. The summed E-state index contributed by atoms with van der Waals surface area (Å²) in [5.74, 6) is 0.531. The van der Waals surface area contributed by atoms with Crippen LogP contribution in [0.4, 0.5) is 0 Å². The first-order chi connectivity index (χ1) is 14.3. The summed E-state index contributed by atoms with van der Waals surface area (Å²) in [7, 11) is -1.47. The highest BCUT2D eigenvalue weighted by molar-refractivity contribution is 6.36. The van der Waals surface area contributed by atoms with Crippen LogP contribution in [0.15, 0.2) is 121 Å². The van der Waals surface area contributed by atoms with Gasteiger partial charge >= 0.3 is 7.32 Å². The van der Waals surface area contributed by atoms with Gasteiger partial charge in [-0.05, 0) is 28.8 Å². The van der Waals surface area contributed by atoms with E-state index >= 15 is 0 Å². The largest absolute Gasteiger partial charge is 0.711 e. The maximum Gasteiger partial charge on any atom is 0.711 e. The van der Waals surface area contributed by atoms with Crippen molar-refractivity contribution in [1.82, 2.24) is 6.15 Å². The highest BCUT2D eigenvalue weighted by Gasteiger charge is 2.42. The van der Waals surface area contributed by atoms with E-state index in [0.717, 1.165) is 16.7 Å². The lowest BCUT2D eigenvalue weighted by atomic mass is 9.79. The molecule has 0 aliphatic carbocycles. The fourth-order valence-electron chi connectivity index (χ4n) is 3.51. The molecule has 0 aliphatic heterocycles. The molecule has 4 aromatic carbocycles. The summed E-state index contributed by atoms with van der Waals surface area (Å²) in [6, 6.07) is 38.8. The summed E-state index contributed by atoms with van der Waals surface area (Å²) in [6.07, 6.45) is 0. The van der Waals surface area contributed by atoms with Crippen LogP contribution >= 0.6 is 0 Å². The van der Waals surface area contributed by atoms with E-state index in [2.05, 4.69) is 0 Å². The molecule has 0 spiro atoms. The fourth-order valence-corrected chi connectivity index (χ4v) is 3.51. The van der Waals surface area contributed by atoms with E-state index < -0.39 is 12.9 Å². The molecule has 0 bridgehead atoms. The van der Waals surface area contributed by atoms with Crippen LogP contribution in [0.1, 0.15) is 16.7 Å². The normalized spacial score (nSPS) is 10.7. The Morgan fingerprint density at radius 1 is 0.533 bits per heavy atom. The van der Waals surface area contributed by atoms with Crippen LogP contribution in [-0.4, -0.2) is 12.3 Å². The van der Waals surface area contributed by atoms with Crippen LogP contribution in [0.25, 0.3) is 0 Å². The number of hydrogen-bond donors (Lipinski definition) is 2. The molecular formula is C25H24BNO3. The molecule has 0 heterocycles. The first-order valence-corrected chi connectivity index (χ1v) is 9.53. The molecule has 4 nitrogen and oxygen atoms in total. The molecule has 0 aliphatic rings. The molecule has 0 aromatic heterocycles. The van der Waals surface area contributed by atoms with Crippen molar-refractivity contribution in [3.05, 3.63) is 138 Å². The molecule has 0 atom stereocenters. The molecule has 4 N–H and O–H groups in total. The number of benzene rings is 4. The summed E-state index contributed by atoms with van der Waals surface area (Å²) in [5, 5.41) is 10.8. The molecule has 4 rings (SSSR count). The average Bonchev–Trinajstić information content (AvgIpc) is 2.80. The Kier molecular flexibility index (Phi) is 7.04. The standard InChI is InChI=1S/C25H21BO3.H3N/c27-26(28-24-19-11-4-12-20-24)29-25(21-13-5-1-6-14-21,22-15-7-2-8-16-22)23-17-9-3-10-18-23;/h1-20,27H;1H3. The van der Waals surface area contributed by atoms with Gasteiger partial charge in [0.25, 0.3) is 0 Å². The van der Waals surface area contributed by atoms with Gasteiger partial charge in [0.15, 0.2) is 0 Å². The lowest BCUT2D eigenvalue weighted by Gasteiger charge is -2.36. The average molecular weight is 397 g/mol. The smallest absolute Gasteiger partial charge is 0.512 e. The van der Waals surface area contributed by atoms with Gasteiger partial charge in [-0.3, -0.25) is 0 Å². The maximum absolute atomic E-state index is 10.8. The maximum atomic E-state index is 10.8. The third-order valence-corrected chi connectivity index (χ3v) is 4.80. The fraction of sp³-hybridized carbons (Fsp3) is 0.0400. The quantitative estimate of drug-likeness (QED) is 0.332. The van der Waals surface area contributed by atoms with Gasteiger partial charge in [-0.25, -0.2) is 0 Å². The molecule has 0 saturated heterocycles. The van der Waals surface area contributed by atoms with Gasteiger partial charge in [-0.15, -0.1) is 0 Å². The van der Waals surface area contributed by atoms with Gasteiger partial charge in [0.2, 0.25) is 0 Å². The summed E-state index contributed by atoms with van der Waals surface area (Å²) in [5.41, 5.74) is 1.65. The van der Waals surface area contributed by atoms with Gasteiger partial charge in [-0.1, -0.05) is 109 Å². The minimum Gasteiger partial charge on any atom is -0.512 e. The van der Waals surface area contributed by atoms with Crippen molar-refractivity contribution in [2.75, 3.05) is 0 Å². The van der Waals surface area contributed by atoms with E-state index in [1.165, 1.54) is 0 Å². The molecule has 0 saturated carbocycles. The third kappa shape index (κ3) is 4.44. The zero-order valence-electron chi connectivity index (χ0n) is 16.6. The van der Waals surface area contributed by atoms with Crippen LogP contribution in [0.3, 0.4) is 0 Å². The first kappa shape index (κ1) is 21.3. The Morgan fingerprint density at radius 3 is 1.23 bits per heavy atom. The Bertz CT molecular complexity index is 919. The Hall–Kier alpha value is -3.38. The zero-order valence-corrected chi connectivity index (χ0v) is 16.6. The molecule has 0 fully saturated rings. The molecule has 0 radical (unpaired) electrons. The Labute approximate surface area is 177 Å². The van der Waals surface area contributed by atoms with Crippen LogP contribution in [-0.2, 0) is 10.3 Å². The second-order valence-corrected chi connectivity index (χ2v) is 6.64. The van der Waals surface area contributed by atoms with Gasteiger partial charge in [0.05, 0.1) is 0 Å². The van der Waals surface area contributed by atoms with Gasteiger partial charge in [0.1, 0.15) is 11.4 Å². The predicted molar refractivity (Wildman–Crippen MR) is 120 cm³/mol. The van der Waals surface area contributed by atoms with Crippen molar-refractivity contribution in [1.29, 1.82) is 0 Å². The number of hydrogen-bond acceptors (Lipinski definition) is 4. The van der Waals surface area contributed by atoms with Gasteiger partial charge < -0.3 is 20.5 Å². The van der Waals surface area contributed by atoms with E-state index in [9.17, 15) is 5.02 Å². The van der Waals surface area contributed by atoms with Crippen molar-refractivity contribution in [2.45, 2.75) is 5.60 Å². The SMILES string of the molecule is N.OB(Oc1ccccc1)OC(c1ccccc1)(c1ccccc1)c1ccccc1. The van der Waals surface area contributed by atoms with Crippen molar-refractivity contribution in [3.8, 4) is 5.75 Å². The van der Waals surface area contributed by atoms with Crippen LogP contribution in [0.5, 0.6) is 5.75 Å². The van der Waals surface area contributed by atoms with E-state index in [0.29, 0.717) is 5.75 Å². The van der Waals surface area contributed by atoms with Crippen LogP contribution < -0.4 is 10.8 Å². The van der Waals surface area contributed by atoms with Gasteiger partial charge in [0, 0.05) is 0 Å². The van der Waals surface area contributed by atoms with Crippen molar-refractivity contribution < 1.29 is 14.3 Å². The van der Waals surface area contributed by atoms with E-state index in [-0.39, 0.29) is 6.15 Å². The summed E-state index contributed by atoms with van der Waals surface area (Å²) in [4.78, 5) is 0. The molecule has 0 amide bonds. The van der Waals surface area contributed by atoms with Crippen LogP contribution in [0.2, 0.25) is 0 Å². The minimum atomic E-state index is -1.47. The first-order valence-electron chi connectivity index (χ1n) is 9.53. The molecule has 30 heavy (non-hydrogen) atoms. The van der Waals surface area contributed by atoms with Gasteiger partial charge in [-0.2, -0.15) is 0 Å². The lowest BCUT2D eigenvalue weighted by molar-refractivity contribution is 0.0865. The molecule has 150 valence electrons. The van der Waals surface area contributed by atoms with Crippen molar-refractivity contribution in [2.24, 2.45) is 0 Å².